The molecule has 1 aromatic heterocycles. The van der Waals surface area contributed by atoms with Crippen molar-refractivity contribution in [2.75, 3.05) is 13.4 Å². The highest BCUT2D eigenvalue weighted by atomic mass is 32.2. The Hall–Kier alpha value is -3.05. The summed E-state index contributed by atoms with van der Waals surface area (Å²) in [6.45, 7) is 3.75. The molecule has 26 heavy (non-hydrogen) atoms. The fraction of sp³-hybridized carbons (Fsp3) is 0.222. The van der Waals surface area contributed by atoms with Gasteiger partial charge in [0.15, 0.2) is 0 Å². The molecule has 2 aromatic rings. The van der Waals surface area contributed by atoms with Gasteiger partial charge in [0.05, 0.1) is 13.4 Å². The van der Waals surface area contributed by atoms with Crippen LogP contribution in [0.15, 0.2) is 35.9 Å². The lowest BCUT2D eigenvalue weighted by atomic mass is 10.1. The van der Waals surface area contributed by atoms with Gasteiger partial charge < -0.3 is 9.30 Å². The van der Waals surface area contributed by atoms with Gasteiger partial charge in [0.25, 0.3) is 5.91 Å². The zero-order chi connectivity index (χ0) is 19.5. The van der Waals surface area contributed by atoms with E-state index in [1.165, 1.54) is 6.08 Å². The molecular formula is C18H19N3O4S. The van der Waals surface area contributed by atoms with E-state index in [4.69, 9.17) is 4.74 Å². The van der Waals surface area contributed by atoms with Gasteiger partial charge in [-0.15, -0.1) is 0 Å². The summed E-state index contributed by atoms with van der Waals surface area (Å²) in [5.41, 5.74) is 2.98. The second kappa shape index (κ2) is 7.45. The fourth-order valence-electron chi connectivity index (χ4n) is 2.59. The van der Waals surface area contributed by atoms with Gasteiger partial charge in [-0.25, -0.2) is 13.1 Å². The van der Waals surface area contributed by atoms with Crippen molar-refractivity contribution >= 4 is 22.0 Å². The Kier molecular flexibility index (Phi) is 5.53. The molecule has 1 amide bonds. The Morgan fingerprint density at radius 1 is 1.27 bits per heavy atom. The number of sulfonamides is 1. The molecule has 0 aliphatic heterocycles. The third kappa shape index (κ3) is 4.32. The van der Waals surface area contributed by atoms with Crippen LogP contribution in [0.25, 0.3) is 11.8 Å². The van der Waals surface area contributed by atoms with Crippen molar-refractivity contribution < 1.29 is 17.9 Å². The average molecular weight is 373 g/mol. The minimum absolute atomic E-state index is 0.287. The Morgan fingerprint density at radius 3 is 2.38 bits per heavy atom. The van der Waals surface area contributed by atoms with E-state index >= 15 is 0 Å². The maximum Gasteiger partial charge on any atom is 0.275 e. The van der Waals surface area contributed by atoms with Gasteiger partial charge in [-0.2, -0.15) is 5.26 Å². The molecule has 2 rings (SSSR count). The predicted molar refractivity (Wildman–Crippen MR) is 98.4 cm³/mol. The highest BCUT2D eigenvalue weighted by Crippen LogP contribution is 2.24. The topological polar surface area (TPSA) is 101 Å². The van der Waals surface area contributed by atoms with Crippen LogP contribution < -0.4 is 9.46 Å². The number of hydrogen-bond acceptors (Lipinski definition) is 5. The smallest absolute Gasteiger partial charge is 0.275 e. The van der Waals surface area contributed by atoms with Crippen molar-refractivity contribution in [3.8, 4) is 17.5 Å². The van der Waals surface area contributed by atoms with E-state index in [2.05, 4.69) is 0 Å². The molecule has 0 aliphatic rings. The molecule has 1 heterocycles. The number of hydrogen-bond donors (Lipinski definition) is 1. The molecule has 1 aromatic carbocycles. The number of rotatable bonds is 5. The molecule has 0 unspecified atom stereocenters. The van der Waals surface area contributed by atoms with Gasteiger partial charge >= 0.3 is 0 Å². The Balaban J connectivity index is 2.45. The predicted octanol–water partition coefficient (Wildman–Crippen LogP) is 2.09. The summed E-state index contributed by atoms with van der Waals surface area (Å²) in [5, 5.41) is 9.20. The van der Waals surface area contributed by atoms with Crippen molar-refractivity contribution in [3.63, 3.8) is 0 Å². The lowest BCUT2D eigenvalue weighted by molar-refractivity contribution is -0.115. The first-order valence-corrected chi connectivity index (χ1v) is 9.52. The molecule has 0 spiro atoms. The lowest BCUT2D eigenvalue weighted by Gasteiger charge is -2.10. The number of carbonyl (C=O) groups excluding carboxylic acids is 1. The van der Waals surface area contributed by atoms with Crippen molar-refractivity contribution in [2.24, 2.45) is 0 Å². The van der Waals surface area contributed by atoms with Crippen LogP contribution in [0.2, 0.25) is 0 Å². The summed E-state index contributed by atoms with van der Waals surface area (Å²) in [7, 11) is -2.15. The number of amides is 1. The van der Waals surface area contributed by atoms with Crippen molar-refractivity contribution in [1.82, 2.24) is 9.29 Å². The quantitative estimate of drug-likeness (QED) is 0.639. The summed E-state index contributed by atoms with van der Waals surface area (Å²) in [5.74, 6) is -0.218. The molecule has 0 radical (unpaired) electrons. The van der Waals surface area contributed by atoms with Gasteiger partial charge in [-0.1, -0.05) is 0 Å². The first kappa shape index (κ1) is 19.3. The van der Waals surface area contributed by atoms with Gasteiger partial charge in [-0.05, 0) is 55.8 Å². The molecule has 0 saturated carbocycles. The normalized spacial score (nSPS) is 11.7. The van der Waals surface area contributed by atoms with Crippen LogP contribution in [-0.2, 0) is 14.8 Å². The van der Waals surface area contributed by atoms with E-state index in [9.17, 15) is 18.5 Å². The van der Waals surface area contributed by atoms with Crippen LogP contribution in [0.3, 0.4) is 0 Å². The molecule has 0 fully saturated rings. The van der Waals surface area contributed by atoms with E-state index in [0.717, 1.165) is 29.1 Å². The van der Waals surface area contributed by atoms with Crippen molar-refractivity contribution in [3.05, 3.63) is 52.9 Å². The number of nitrogens with zero attached hydrogens (tertiary/aromatic N) is 2. The molecule has 1 N–H and O–H groups in total. The van der Waals surface area contributed by atoms with Crippen LogP contribution in [0.1, 0.15) is 17.0 Å². The number of aryl methyl sites for hydroxylation is 1. The van der Waals surface area contributed by atoms with Crippen LogP contribution in [-0.4, -0.2) is 32.3 Å². The number of nitriles is 1. The maximum atomic E-state index is 11.9. The molecule has 0 aliphatic carbocycles. The fourth-order valence-corrected chi connectivity index (χ4v) is 3.04. The Bertz CT molecular complexity index is 1010. The van der Waals surface area contributed by atoms with Crippen LogP contribution >= 0.6 is 0 Å². The molecule has 8 heteroatoms. The van der Waals surface area contributed by atoms with Crippen LogP contribution in [0, 0.1) is 25.2 Å². The van der Waals surface area contributed by atoms with E-state index in [1.54, 1.807) is 17.9 Å². The largest absolute Gasteiger partial charge is 0.497 e. The highest BCUT2D eigenvalue weighted by molar-refractivity contribution is 7.89. The average Bonchev–Trinajstić information content (AvgIpc) is 2.84. The van der Waals surface area contributed by atoms with Gasteiger partial charge in [-0.3, -0.25) is 4.79 Å². The Labute approximate surface area is 152 Å². The second-order valence-corrected chi connectivity index (χ2v) is 7.48. The summed E-state index contributed by atoms with van der Waals surface area (Å²) in [6, 6.07) is 11.0. The van der Waals surface area contributed by atoms with E-state index in [-0.39, 0.29) is 5.57 Å². The molecule has 7 nitrogen and oxygen atoms in total. The SMILES string of the molecule is COc1ccc(-n2c(C)cc(C=C(C#N)C(=O)NS(C)(=O)=O)c2C)cc1. The molecule has 0 atom stereocenters. The number of benzene rings is 1. The number of nitrogens with one attached hydrogen (secondary N) is 1. The standard InChI is InChI=1S/C18H19N3O4S/c1-12-9-14(10-15(11-19)18(22)20-26(4,23)24)13(2)21(12)16-5-7-17(25-3)8-6-16/h5-10H,1-4H3,(H,20,22). The van der Waals surface area contributed by atoms with E-state index in [0.29, 0.717) is 5.56 Å². The minimum Gasteiger partial charge on any atom is -0.497 e. The maximum absolute atomic E-state index is 11.9. The Morgan fingerprint density at radius 2 is 1.88 bits per heavy atom. The number of ether oxygens (including phenoxy) is 1. The van der Waals surface area contributed by atoms with E-state index < -0.39 is 15.9 Å². The number of methoxy groups -OCH3 is 1. The molecule has 0 saturated heterocycles. The monoisotopic (exact) mass is 373 g/mol. The zero-order valence-electron chi connectivity index (χ0n) is 14.9. The summed E-state index contributed by atoms with van der Waals surface area (Å²) in [6.07, 6.45) is 2.23. The van der Waals surface area contributed by atoms with Crippen molar-refractivity contribution in [1.29, 1.82) is 5.26 Å². The molecule has 0 bridgehead atoms. The van der Waals surface area contributed by atoms with E-state index in [1.807, 2.05) is 48.7 Å². The van der Waals surface area contributed by atoms with Crippen molar-refractivity contribution in [2.45, 2.75) is 13.8 Å². The first-order valence-electron chi connectivity index (χ1n) is 7.63. The summed E-state index contributed by atoms with van der Waals surface area (Å²) < 4.78 is 31.3. The highest BCUT2D eigenvalue weighted by Gasteiger charge is 2.16. The third-order valence-electron chi connectivity index (χ3n) is 3.74. The zero-order valence-corrected chi connectivity index (χ0v) is 15.7. The van der Waals surface area contributed by atoms with Gasteiger partial charge in [0, 0.05) is 17.1 Å². The second-order valence-electron chi connectivity index (χ2n) is 5.73. The lowest BCUT2D eigenvalue weighted by Crippen LogP contribution is -2.30. The van der Waals surface area contributed by atoms with Crippen LogP contribution in [0.5, 0.6) is 5.75 Å². The van der Waals surface area contributed by atoms with Gasteiger partial charge in [0.1, 0.15) is 17.4 Å². The van der Waals surface area contributed by atoms with Gasteiger partial charge in [0.2, 0.25) is 10.0 Å². The minimum atomic E-state index is -3.74. The number of carbonyl (C=O) groups is 1. The summed E-state index contributed by atoms with van der Waals surface area (Å²) in [4.78, 5) is 11.9. The molecule has 136 valence electrons. The third-order valence-corrected chi connectivity index (χ3v) is 4.30. The molecular weight excluding hydrogens is 354 g/mol. The summed E-state index contributed by atoms with van der Waals surface area (Å²) >= 11 is 0. The number of aromatic nitrogens is 1. The first-order chi connectivity index (χ1) is 12.2. The van der Waals surface area contributed by atoms with Crippen LogP contribution in [0.4, 0.5) is 0 Å².